The highest BCUT2D eigenvalue weighted by Gasteiger charge is 2.24. The van der Waals surface area contributed by atoms with Crippen LogP contribution in [0, 0.1) is 12.7 Å². The van der Waals surface area contributed by atoms with Crippen LogP contribution in [0.25, 0.3) is 45.1 Å². The summed E-state index contributed by atoms with van der Waals surface area (Å²) < 4.78 is 22.2. The Morgan fingerprint density at radius 1 is 1.08 bits per heavy atom. The van der Waals surface area contributed by atoms with Crippen molar-refractivity contribution in [1.82, 2.24) is 25.1 Å². The summed E-state index contributed by atoms with van der Waals surface area (Å²) in [6, 6.07) is 16.9. The third kappa shape index (κ3) is 4.54. The van der Waals surface area contributed by atoms with Crippen molar-refractivity contribution in [3.8, 4) is 34.0 Å². The van der Waals surface area contributed by atoms with E-state index < -0.39 is 0 Å². The first-order valence-electron chi connectivity index (χ1n) is 12.5. The van der Waals surface area contributed by atoms with E-state index in [2.05, 4.69) is 21.6 Å². The normalized spacial score (nSPS) is 17.6. The lowest BCUT2D eigenvalue weighted by atomic mass is 9.97. The maximum Gasteiger partial charge on any atom is 0.227 e. The van der Waals surface area contributed by atoms with E-state index in [0.717, 1.165) is 58.2 Å². The lowest BCUT2D eigenvalue weighted by molar-refractivity contribution is 0.148. The maximum absolute atomic E-state index is 14.2. The van der Waals surface area contributed by atoms with Crippen LogP contribution in [0.5, 0.6) is 0 Å². The highest BCUT2D eigenvalue weighted by molar-refractivity contribution is 5.84. The molecule has 5 aromatic rings. The van der Waals surface area contributed by atoms with Gasteiger partial charge in [0.2, 0.25) is 5.89 Å². The van der Waals surface area contributed by atoms with Crippen molar-refractivity contribution in [2.75, 3.05) is 0 Å². The Balaban J connectivity index is 1.33. The second-order valence-corrected chi connectivity index (χ2v) is 9.80. The first-order valence-corrected chi connectivity index (χ1v) is 12.5. The number of halogens is 1. The Kier molecular flexibility index (Phi) is 6.06. The van der Waals surface area contributed by atoms with Crippen LogP contribution < -0.4 is 5.32 Å². The summed E-state index contributed by atoms with van der Waals surface area (Å²) in [5, 5.41) is 21.7. The lowest BCUT2D eigenvalue weighted by Gasteiger charge is -2.16. The first-order chi connectivity index (χ1) is 18.0. The average molecular weight is 498 g/mol. The monoisotopic (exact) mass is 497 g/mol. The van der Waals surface area contributed by atoms with Gasteiger partial charge in [0, 0.05) is 30.8 Å². The number of aliphatic hydroxyl groups excluding tert-OH is 1. The fraction of sp³-hybridized carbons (Fsp3) is 0.276. The molecule has 1 fully saturated rings. The van der Waals surface area contributed by atoms with Crippen LogP contribution in [0.3, 0.4) is 0 Å². The number of hydrogen-bond donors (Lipinski definition) is 2. The fourth-order valence-electron chi connectivity index (χ4n) is 5.23. The van der Waals surface area contributed by atoms with Crippen molar-refractivity contribution in [2.45, 2.75) is 44.9 Å². The summed E-state index contributed by atoms with van der Waals surface area (Å²) in [4.78, 5) is 4.80. The molecule has 3 aromatic carbocycles. The number of benzene rings is 3. The molecule has 1 saturated carbocycles. The van der Waals surface area contributed by atoms with Crippen LogP contribution in [0.2, 0.25) is 0 Å². The van der Waals surface area contributed by atoms with Crippen LogP contribution in [-0.4, -0.2) is 37.0 Å². The second kappa shape index (κ2) is 9.53. The smallest absolute Gasteiger partial charge is 0.227 e. The van der Waals surface area contributed by atoms with E-state index in [-0.39, 0.29) is 18.0 Å². The minimum Gasteiger partial charge on any atom is -0.436 e. The van der Waals surface area contributed by atoms with Gasteiger partial charge >= 0.3 is 0 Å². The van der Waals surface area contributed by atoms with Crippen molar-refractivity contribution < 1.29 is 13.9 Å². The molecule has 0 amide bonds. The van der Waals surface area contributed by atoms with E-state index in [0.29, 0.717) is 23.8 Å². The van der Waals surface area contributed by atoms with Gasteiger partial charge in [0.05, 0.1) is 6.10 Å². The van der Waals surface area contributed by atoms with Gasteiger partial charge in [0.1, 0.15) is 17.7 Å². The summed E-state index contributed by atoms with van der Waals surface area (Å²) >= 11 is 0. The molecule has 0 radical (unpaired) electrons. The largest absolute Gasteiger partial charge is 0.436 e. The Hall–Kier alpha value is -3.88. The molecule has 8 heteroatoms. The SMILES string of the molecule is Cc1cc(CN[C@@H]2CCC[C@@H]2O)cc2nc(-c3cccc(-c4ccc(F)cc4-c4nncn4C)c3)oc12. The zero-order valence-electron chi connectivity index (χ0n) is 20.8. The van der Waals surface area contributed by atoms with Crippen molar-refractivity contribution in [1.29, 1.82) is 0 Å². The van der Waals surface area contributed by atoms with Gasteiger partial charge in [0.15, 0.2) is 11.4 Å². The third-order valence-corrected chi connectivity index (χ3v) is 7.14. The van der Waals surface area contributed by atoms with E-state index in [9.17, 15) is 9.50 Å². The predicted molar refractivity (Wildman–Crippen MR) is 140 cm³/mol. The highest BCUT2D eigenvalue weighted by atomic mass is 19.1. The molecule has 2 atom stereocenters. The van der Waals surface area contributed by atoms with Crippen LogP contribution in [-0.2, 0) is 13.6 Å². The number of nitrogens with one attached hydrogen (secondary N) is 1. The predicted octanol–water partition coefficient (Wildman–Crippen LogP) is 5.41. The molecule has 0 spiro atoms. The first kappa shape index (κ1) is 23.5. The molecule has 2 heterocycles. The number of oxazole rings is 1. The number of fused-ring (bicyclic) bond motifs is 1. The number of hydrogen-bond acceptors (Lipinski definition) is 6. The van der Waals surface area contributed by atoms with Gasteiger partial charge in [-0.2, -0.15) is 0 Å². The maximum atomic E-state index is 14.2. The molecule has 188 valence electrons. The number of aromatic nitrogens is 4. The third-order valence-electron chi connectivity index (χ3n) is 7.14. The minimum absolute atomic E-state index is 0.143. The zero-order valence-corrected chi connectivity index (χ0v) is 20.8. The average Bonchev–Trinajstić information content (AvgIpc) is 3.62. The van der Waals surface area contributed by atoms with Crippen LogP contribution in [0.4, 0.5) is 4.39 Å². The van der Waals surface area contributed by atoms with Crippen LogP contribution >= 0.6 is 0 Å². The standard InChI is InChI=1S/C29H28FN5O2/c1-17-11-18(15-31-24-7-4-8-26(24)36)12-25-27(17)37-29(33-25)20-6-3-5-19(13-20)22-10-9-21(30)14-23(22)28-34-32-16-35(28)2/h3,5-6,9-14,16,24,26,31,36H,4,7-8,15H2,1-2H3/t24-,26+/m1/s1. The number of aryl methyl sites for hydroxylation is 2. The molecule has 0 aliphatic heterocycles. The molecule has 37 heavy (non-hydrogen) atoms. The van der Waals surface area contributed by atoms with E-state index >= 15 is 0 Å². The zero-order chi connectivity index (χ0) is 25.5. The van der Waals surface area contributed by atoms with E-state index in [1.54, 1.807) is 17.0 Å². The Bertz CT molecular complexity index is 1590. The van der Waals surface area contributed by atoms with Gasteiger partial charge in [-0.15, -0.1) is 10.2 Å². The summed E-state index contributed by atoms with van der Waals surface area (Å²) in [6.45, 7) is 2.69. The summed E-state index contributed by atoms with van der Waals surface area (Å²) in [7, 11) is 1.83. The Morgan fingerprint density at radius 3 is 2.73 bits per heavy atom. The number of rotatable bonds is 6. The lowest BCUT2D eigenvalue weighted by Crippen LogP contribution is -2.35. The molecule has 6 rings (SSSR count). The molecule has 0 bridgehead atoms. The molecule has 1 aliphatic rings. The molecular weight excluding hydrogens is 469 g/mol. The van der Waals surface area contributed by atoms with Gasteiger partial charge in [0.25, 0.3) is 0 Å². The van der Waals surface area contributed by atoms with Gasteiger partial charge in [-0.05, 0) is 78.8 Å². The molecule has 7 nitrogen and oxygen atoms in total. The number of aliphatic hydroxyl groups is 1. The summed E-state index contributed by atoms with van der Waals surface area (Å²) in [5.74, 6) is 0.780. The van der Waals surface area contributed by atoms with Crippen LogP contribution in [0.1, 0.15) is 30.4 Å². The minimum atomic E-state index is -0.333. The van der Waals surface area contributed by atoms with Crippen LogP contribution in [0.15, 0.2) is 65.3 Å². The van der Waals surface area contributed by atoms with Crippen molar-refractivity contribution in [3.63, 3.8) is 0 Å². The van der Waals surface area contributed by atoms with Gasteiger partial charge in [-0.1, -0.05) is 24.3 Å². The van der Waals surface area contributed by atoms with Crippen molar-refractivity contribution in [2.24, 2.45) is 7.05 Å². The Morgan fingerprint density at radius 2 is 1.95 bits per heavy atom. The van der Waals surface area contributed by atoms with E-state index in [1.807, 2.05) is 44.3 Å². The topological polar surface area (TPSA) is 89.0 Å². The number of nitrogens with zero attached hydrogens (tertiary/aromatic N) is 4. The molecule has 0 unspecified atom stereocenters. The fourth-order valence-corrected chi connectivity index (χ4v) is 5.23. The second-order valence-electron chi connectivity index (χ2n) is 9.80. The highest BCUT2D eigenvalue weighted by Crippen LogP contribution is 2.35. The molecule has 2 aromatic heterocycles. The molecule has 0 saturated heterocycles. The Labute approximate surface area is 214 Å². The van der Waals surface area contributed by atoms with Gasteiger partial charge < -0.3 is 19.4 Å². The van der Waals surface area contributed by atoms with Crippen molar-refractivity contribution in [3.05, 3.63) is 77.9 Å². The quantitative estimate of drug-likeness (QED) is 0.326. The molecule has 2 N–H and O–H groups in total. The molecule has 1 aliphatic carbocycles. The van der Waals surface area contributed by atoms with Gasteiger partial charge in [-0.25, -0.2) is 9.37 Å². The molecular formula is C29H28FN5O2. The van der Waals surface area contributed by atoms with Gasteiger partial charge in [-0.3, -0.25) is 0 Å². The van der Waals surface area contributed by atoms with E-state index in [1.165, 1.54) is 12.1 Å². The summed E-state index contributed by atoms with van der Waals surface area (Å²) in [6.07, 6.45) is 4.24. The van der Waals surface area contributed by atoms with Crippen molar-refractivity contribution >= 4 is 11.1 Å². The summed E-state index contributed by atoms with van der Waals surface area (Å²) in [5.41, 5.74) is 6.91. The van der Waals surface area contributed by atoms with E-state index in [4.69, 9.17) is 9.40 Å².